The second-order valence-corrected chi connectivity index (χ2v) is 11.3. The van der Waals surface area contributed by atoms with Crippen molar-refractivity contribution in [2.75, 3.05) is 38.5 Å². The number of aryl methyl sites for hydroxylation is 2. The number of amides is 1. The maximum Gasteiger partial charge on any atom is 0.253 e. The predicted molar refractivity (Wildman–Crippen MR) is 153 cm³/mol. The average Bonchev–Trinajstić information content (AvgIpc) is 2.87. The van der Waals surface area contributed by atoms with Crippen molar-refractivity contribution in [2.24, 2.45) is 0 Å². The van der Waals surface area contributed by atoms with Crippen LogP contribution in [0.5, 0.6) is 0 Å². The number of hydrogen-bond donors (Lipinski definition) is 4. The molecule has 0 atom stereocenters. The molecule has 2 fully saturated rings. The minimum atomic E-state index is -0.304. The largest absolute Gasteiger partial charge is 0.367 e. The molecule has 0 radical (unpaired) electrons. The van der Waals surface area contributed by atoms with Crippen LogP contribution in [0.15, 0.2) is 16.9 Å². The van der Waals surface area contributed by atoms with E-state index in [9.17, 15) is 9.59 Å². The maximum absolute atomic E-state index is 13.5. The first-order valence-corrected chi connectivity index (χ1v) is 13.9. The van der Waals surface area contributed by atoms with Gasteiger partial charge in [-0.25, -0.2) is 4.98 Å². The lowest BCUT2D eigenvalue weighted by Crippen LogP contribution is -2.46. The number of anilines is 1. The zero-order valence-corrected chi connectivity index (χ0v) is 23.5. The molecule has 9 heteroatoms. The molecule has 2 aliphatic rings. The molecule has 4 heterocycles. The topological polar surface area (TPSA) is 117 Å². The van der Waals surface area contributed by atoms with Gasteiger partial charge in [-0.3, -0.25) is 9.59 Å². The molecule has 9 nitrogen and oxygen atoms in total. The molecule has 2 saturated heterocycles. The highest BCUT2D eigenvalue weighted by atomic mass is 16.1. The molecule has 0 saturated carbocycles. The summed E-state index contributed by atoms with van der Waals surface area (Å²) in [4.78, 5) is 38.7. The van der Waals surface area contributed by atoms with E-state index in [1.807, 2.05) is 39.8 Å². The van der Waals surface area contributed by atoms with Gasteiger partial charge in [0.15, 0.2) is 0 Å². The summed E-state index contributed by atoms with van der Waals surface area (Å²) in [5.74, 6) is 0.528. The number of pyridine rings is 2. The summed E-state index contributed by atoms with van der Waals surface area (Å²) in [5.41, 5.74) is 3.77. The summed E-state index contributed by atoms with van der Waals surface area (Å²) in [7, 11) is 2.20. The van der Waals surface area contributed by atoms with E-state index < -0.39 is 0 Å². The number of likely N-dealkylation sites (tertiary alicyclic amines) is 2. The van der Waals surface area contributed by atoms with Gasteiger partial charge < -0.3 is 30.8 Å². The van der Waals surface area contributed by atoms with Crippen molar-refractivity contribution in [3.63, 3.8) is 0 Å². The Labute approximate surface area is 225 Å². The highest BCUT2D eigenvalue weighted by molar-refractivity contribution is 6.04. The molecule has 1 amide bonds. The van der Waals surface area contributed by atoms with Crippen molar-refractivity contribution in [3.05, 3.63) is 56.1 Å². The number of carbonyl (C=O) groups excluding carboxylic acids is 1. The predicted octanol–water partition coefficient (Wildman–Crippen LogP) is 3.41. The Morgan fingerprint density at radius 3 is 2.45 bits per heavy atom. The van der Waals surface area contributed by atoms with Crippen LogP contribution in [-0.4, -0.2) is 77.2 Å². The van der Waals surface area contributed by atoms with Gasteiger partial charge in [-0.15, -0.1) is 0 Å². The second kappa shape index (κ2) is 12.2. The molecule has 206 valence electrons. The maximum atomic E-state index is 13.5. The number of aromatic amines is 1. The minimum Gasteiger partial charge on any atom is -0.367 e. The van der Waals surface area contributed by atoms with Crippen LogP contribution in [0.3, 0.4) is 0 Å². The van der Waals surface area contributed by atoms with Gasteiger partial charge in [-0.2, -0.15) is 0 Å². The van der Waals surface area contributed by atoms with E-state index in [-0.39, 0.29) is 30.0 Å². The molecule has 2 aliphatic heterocycles. The fourth-order valence-electron chi connectivity index (χ4n) is 5.79. The zero-order valence-electron chi connectivity index (χ0n) is 23.5. The van der Waals surface area contributed by atoms with Crippen LogP contribution in [0.25, 0.3) is 0 Å². The van der Waals surface area contributed by atoms with Crippen molar-refractivity contribution in [1.29, 1.82) is 5.41 Å². The SMILES string of the molecule is Cc1cc(C)c(CNC(=O)c2cc(C3CCN(C4CCN(C)CC4)CC3)nc(NC(C)C)c2C=N)c(=O)[nH]1. The Hall–Kier alpha value is -3.04. The molecule has 0 unspecified atom stereocenters. The molecule has 2 aromatic heterocycles. The fourth-order valence-corrected chi connectivity index (χ4v) is 5.79. The summed E-state index contributed by atoms with van der Waals surface area (Å²) in [6.07, 6.45) is 5.66. The average molecular weight is 522 g/mol. The van der Waals surface area contributed by atoms with Gasteiger partial charge in [-0.05, 0) is 104 Å². The van der Waals surface area contributed by atoms with Crippen LogP contribution in [0.4, 0.5) is 5.82 Å². The van der Waals surface area contributed by atoms with Crippen molar-refractivity contribution >= 4 is 17.9 Å². The van der Waals surface area contributed by atoms with Crippen molar-refractivity contribution < 1.29 is 4.79 Å². The first kappa shape index (κ1) is 28.0. The van der Waals surface area contributed by atoms with Crippen LogP contribution in [0.2, 0.25) is 0 Å². The summed E-state index contributed by atoms with van der Waals surface area (Å²) in [5, 5.41) is 14.3. The molecular formula is C29H43N7O2. The van der Waals surface area contributed by atoms with Crippen molar-refractivity contribution in [1.82, 2.24) is 25.1 Å². The fraction of sp³-hybridized carbons (Fsp3) is 0.586. The van der Waals surface area contributed by atoms with E-state index in [1.165, 1.54) is 19.1 Å². The number of H-pyrrole nitrogens is 1. The monoisotopic (exact) mass is 521 g/mol. The van der Waals surface area contributed by atoms with E-state index in [2.05, 4.69) is 32.5 Å². The van der Waals surface area contributed by atoms with Crippen LogP contribution in [0.1, 0.15) is 83.9 Å². The molecule has 4 N–H and O–H groups in total. The van der Waals surface area contributed by atoms with Gasteiger partial charge in [0.1, 0.15) is 5.82 Å². The number of carbonyl (C=O) groups is 1. The van der Waals surface area contributed by atoms with Gasteiger partial charge in [0.25, 0.3) is 11.5 Å². The van der Waals surface area contributed by atoms with E-state index in [0.717, 1.165) is 56.0 Å². The normalized spacial score (nSPS) is 18.1. The van der Waals surface area contributed by atoms with E-state index in [4.69, 9.17) is 10.4 Å². The number of aromatic nitrogens is 2. The Morgan fingerprint density at radius 2 is 1.84 bits per heavy atom. The van der Waals surface area contributed by atoms with E-state index in [1.54, 1.807) is 0 Å². The Morgan fingerprint density at radius 1 is 1.16 bits per heavy atom. The third-order valence-electron chi connectivity index (χ3n) is 7.96. The summed E-state index contributed by atoms with van der Waals surface area (Å²) in [6, 6.07) is 4.53. The molecule has 38 heavy (non-hydrogen) atoms. The zero-order chi connectivity index (χ0) is 27.4. The molecule has 0 aliphatic carbocycles. The second-order valence-electron chi connectivity index (χ2n) is 11.3. The van der Waals surface area contributed by atoms with Gasteiger partial charge in [0.05, 0.1) is 5.56 Å². The number of piperidine rings is 2. The molecule has 0 aromatic carbocycles. The van der Waals surface area contributed by atoms with E-state index in [0.29, 0.717) is 28.6 Å². The van der Waals surface area contributed by atoms with Crippen LogP contribution in [-0.2, 0) is 6.54 Å². The number of nitrogens with zero attached hydrogens (tertiary/aromatic N) is 3. The van der Waals surface area contributed by atoms with Gasteiger partial charge in [0.2, 0.25) is 0 Å². The molecule has 0 spiro atoms. The molecule has 0 bridgehead atoms. The summed E-state index contributed by atoms with van der Waals surface area (Å²) >= 11 is 0. The lowest BCUT2D eigenvalue weighted by molar-refractivity contribution is 0.0947. The van der Waals surface area contributed by atoms with Crippen molar-refractivity contribution in [2.45, 2.75) is 77.9 Å². The summed E-state index contributed by atoms with van der Waals surface area (Å²) in [6.45, 7) is 12.3. The van der Waals surface area contributed by atoms with Crippen molar-refractivity contribution in [3.8, 4) is 0 Å². The summed E-state index contributed by atoms with van der Waals surface area (Å²) < 4.78 is 0. The first-order valence-electron chi connectivity index (χ1n) is 13.9. The quantitative estimate of drug-likeness (QED) is 0.396. The van der Waals surface area contributed by atoms with Crippen LogP contribution < -0.4 is 16.2 Å². The Kier molecular flexibility index (Phi) is 8.99. The lowest BCUT2D eigenvalue weighted by Gasteiger charge is -2.41. The van der Waals surface area contributed by atoms with Gasteiger partial charge in [0, 0.05) is 53.3 Å². The number of hydrogen-bond acceptors (Lipinski definition) is 7. The highest BCUT2D eigenvalue weighted by Gasteiger charge is 2.30. The third kappa shape index (κ3) is 6.50. The highest BCUT2D eigenvalue weighted by Crippen LogP contribution is 2.32. The van der Waals surface area contributed by atoms with Crippen LogP contribution in [0, 0.1) is 19.3 Å². The number of rotatable bonds is 8. The minimum absolute atomic E-state index is 0.104. The lowest BCUT2D eigenvalue weighted by atomic mass is 9.89. The molecular weight excluding hydrogens is 478 g/mol. The Balaban J connectivity index is 1.55. The first-order chi connectivity index (χ1) is 18.2. The standard InChI is InChI=1S/C29H43N7O2/c1-18(2)32-27-24(16-30)23(28(37)31-17-25-19(3)14-20(4)33-29(25)38)15-26(34-27)21-6-12-36(13-7-21)22-8-10-35(5)11-9-22/h14-16,18,21-22,30H,6-13,17H2,1-5H3,(H,31,37)(H,32,34)(H,33,38). The molecule has 4 rings (SSSR count). The van der Waals surface area contributed by atoms with Gasteiger partial charge in [-0.1, -0.05) is 0 Å². The van der Waals surface area contributed by atoms with E-state index >= 15 is 0 Å². The van der Waals surface area contributed by atoms with Crippen LogP contribution >= 0.6 is 0 Å². The third-order valence-corrected chi connectivity index (χ3v) is 7.96. The smallest absolute Gasteiger partial charge is 0.253 e. The Bertz CT molecular complexity index is 1210. The molecule has 2 aromatic rings. The number of nitrogens with one attached hydrogen (secondary N) is 4. The van der Waals surface area contributed by atoms with Gasteiger partial charge >= 0.3 is 0 Å².